The molecule has 0 radical (unpaired) electrons. The number of rotatable bonds is 11. The molecule has 2 fully saturated rings. The molecule has 0 aromatic heterocycles. The summed E-state index contributed by atoms with van der Waals surface area (Å²) in [6.07, 6.45) is 6.92. The van der Waals surface area contributed by atoms with Gasteiger partial charge in [0, 0.05) is 19.1 Å². The molecule has 1 aliphatic heterocycles. The molecule has 172 valence electrons. The summed E-state index contributed by atoms with van der Waals surface area (Å²) in [7, 11) is 1.70. The van der Waals surface area contributed by atoms with Crippen molar-refractivity contribution >= 4 is 0 Å². The number of likely N-dealkylation sites (tertiary alicyclic amines) is 1. The number of aliphatic hydroxyl groups is 1. The lowest BCUT2D eigenvalue weighted by molar-refractivity contribution is -0.0235. The van der Waals surface area contributed by atoms with Gasteiger partial charge in [0.05, 0.1) is 26.4 Å². The van der Waals surface area contributed by atoms with Gasteiger partial charge < -0.3 is 19.9 Å². The van der Waals surface area contributed by atoms with Crippen molar-refractivity contribution in [2.45, 2.75) is 51.7 Å². The van der Waals surface area contributed by atoms with Crippen LogP contribution in [0.2, 0.25) is 0 Å². The summed E-state index contributed by atoms with van der Waals surface area (Å²) in [5.41, 5.74) is 3.17. The number of fused-ring (bicyclic) bond motifs is 1. The van der Waals surface area contributed by atoms with Crippen LogP contribution in [0.4, 0.5) is 0 Å². The summed E-state index contributed by atoms with van der Waals surface area (Å²) >= 11 is 0. The van der Waals surface area contributed by atoms with Crippen LogP contribution in [0, 0.1) is 17.3 Å². The average molecular weight is 429 g/mol. The van der Waals surface area contributed by atoms with E-state index in [1.54, 1.807) is 7.11 Å². The molecule has 31 heavy (non-hydrogen) atoms. The van der Waals surface area contributed by atoms with E-state index < -0.39 is 6.10 Å². The summed E-state index contributed by atoms with van der Waals surface area (Å²) in [5, 5.41) is 13.9. The van der Waals surface area contributed by atoms with Gasteiger partial charge in [-0.15, -0.1) is 0 Å². The van der Waals surface area contributed by atoms with Crippen LogP contribution in [0.3, 0.4) is 0 Å². The number of nitrogens with zero attached hydrogens (tertiary/aromatic N) is 1. The molecule has 1 saturated heterocycles. The molecule has 2 N–H and O–H groups in total. The number of aliphatic hydroxyl groups excluding tert-OH is 1. The third-order valence-electron chi connectivity index (χ3n) is 7.96. The number of nitrogens with one attached hydrogen (secondary N) is 1. The lowest BCUT2D eigenvalue weighted by atomic mass is 9.49. The van der Waals surface area contributed by atoms with E-state index in [-0.39, 0.29) is 0 Å². The van der Waals surface area contributed by atoms with E-state index in [1.165, 1.54) is 36.8 Å². The van der Waals surface area contributed by atoms with Gasteiger partial charge in [-0.05, 0) is 79.3 Å². The Balaban J connectivity index is 1.21. The van der Waals surface area contributed by atoms with Gasteiger partial charge in [0.25, 0.3) is 0 Å². The Morgan fingerprint density at radius 3 is 2.55 bits per heavy atom. The van der Waals surface area contributed by atoms with Crippen molar-refractivity contribution in [2.75, 3.05) is 46.5 Å². The summed E-state index contributed by atoms with van der Waals surface area (Å²) in [6.45, 7) is 9.48. The van der Waals surface area contributed by atoms with Crippen molar-refractivity contribution in [1.29, 1.82) is 0 Å². The average Bonchev–Trinajstić information content (AvgIpc) is 3.31. The van der Waals surface area contributed by atoms with Crippen LogP contribution in [-0.4, -0.2) is 62.6 Å². The number of hydrogen-bond donors (Lipinski definition) is 2. The lowest BCUT2D eigenvalue weighted by Crippen LogP contribution is -2.48. The first-order valence-corrected chi connectivity index (χ1v) is 12.0. The molecule has 5 heteroatoms. The van der Waals surface area contributed by atoms with Gasteiger partial charge in [-0.3, -0.25) is 4.90 Å². The van der Waals surface area contributed by atoms with Crippen LogP contribution in [-0.2, 0) is 4.74 Å². The van der Waals surface area contributed by atoms with Crippen LogP contribution in [0.15, 0.2) is 35.9 Å². The van der Waals surface area contributed by atoms with Gasteiger partial charge in [-0.1, -0.05) is 32.1 Å². The zero-order chi connectivity index (χ0) is 21.8. The lowest BCUT2D eigenvalue weighted by Gasteiger charge is -2.56. The van der Waals surface area contributed by atoms with Crippen molar-refractivity contribution in [2.24, 2.45) is 17.3 Å². The minimum atomic E-state index is -0.485. The number of hydrogen-bond acceptors (Lipinski definition) is 5. The fourth-order valence-electron chi connectivity index (χ4n) is 5.74. The molecule has 1 saturated carbocycles. The quantitative estimate of drug-likeness (QED) is 0.525. The van der Waals surface area contributed by atoms with E-state index in [1.807, 2.05) is 12.1 Å². The van der Waals surface area contributed by atoms with Crippen molar-refractivity contribution in [1.82, 2.24) is 10.2 Å². The standard InChI is InChI=1S/C26H40N2O3/c1-26(2)21-9-6-20(24(26)14-21)17-31-18-22(29)15-27-16-25(28-12-4-5-13-28)19-7-10-23(30-3)11-8-19/h6-8,10-11,21-22,24-25,27,29H,4-5,9,12-18H2,1-3H3/t21-,22-,24-,25-/m1/s1. The van der Waals surface area contributed by atoms with Crippen LogP contribution in [0.5, 0.6) is 5.75 Å². The SMILES string of the molecule is COc1ccc([C@@H](CNC[C@@H](O)COCC2=CC[C@@H]3C[C@H]2C3(C)C)N2CCCC2)cc1. The fourth-order valence-corrected chi connectivity index (χ4v) is 5.74. The molecule has 2 bridgehead atoms. The second kappa shape index (κ2) is 10.0. The Hall–Kier alpha value is -1.40. The largest absolute Gasteiger partial charge is 0.497 e. The Labute approximate surface area is 187 Å². The molecule has 1 aromatic rings. The Morgan fingerprint density at radius 2 is 1.90 bits per heavy atom. The van der Waals surface area contributed by atoms with Gasteiger partial charge in [-0.25, -0.2) is 0 Å². The Kier molecular flexibility index (Phi) is 7.37. The molecule has 1 heterocycles. The maximum Gasteiger partial charge on any atom is 0.118 e. The molecule has 1 aromatic carbocycles. The van der Waals surface area contributed by atoms with Gasteiger partial charge in [0.15, 0.2) is 0 Å². The normalized spacial score (nSPS) is 26.8. The summed E-state index contributed by atoms with van der Waals surface area (Å²) in [6, 6.07) is 8.71. The predicted octanol–water partition coefficient (Wildman–Crippen LogP) is 3.79. The molecule has 4 atom stereocenters. The second-order valence-corrected chi connectivity index (χ2v) is 10.2. The van der Waals surface area contributed by atoms with Crippen LogP contribution < -0.4 is 10.1 Å². The monoisotopic (exact) mass is 428 g/mol. The topological polar surface area (TPSA) is 54.0 Å². The van der Waals surface area contributed by atoms with Crippen LogP contribution in [0.25, 0.3) is 0 Å². The van der Waals surface area contributed by atoms with Crippen molar-refractivity contribution in [3.05, 3.63) is 41.5 Å². The maximum absolute atomic E-state index is 10.4. The van der Waals surface area contributed by atoms with Crippen LogP contribution in [0.1, 0.15) is 51.1 Å². The highest BCUT2D eigenvalue weighted by Crippen LogP contribution is 2.59. The smallest absolute Gasteiger partial charge is 0.118 e. The highest BCUT2D eigenvalue weighted by atomic mass is 16.5. The van der Waals surface area contributed by atoms with E-state index in [2.05, 4.69) is 42.3 Å². The van der Waals surface area contributed by atoms with Gasteiger partial charge in [0.1, 0.15) is 5.75 Å². The van der Waals surface area contributed by atoms with E-state index in [0.717, 1.165) is 31.3 Å². The highest BCUT2D eigenvalue weighted by molar-refractivity contribution is 5.29. The molecule has 0 spiro atoms. The Morgan fingerprint density at radius 1 is 1.16 bits per heavy atom. The third kappa shape index (κ3) is 5.16. The fraction of sp³-hybridized carbons (Fsp3) is 0.692. The first-order chi connectivity index (χ1) is 15.0. The first kappa shape index (κ1) is 22.8. The van der Waals surface area contributed by atoms with Crippen LogP contribution >= 0.6 is 0 Å². The number of methoxy groups -OCH3 is 1. The summed E-state index contributed by atoms with van der Waals surface area (Å²) in [5.74, 6) is 2.41. The minimum absolute atomic E-state index is 0.322. The number of ether oxygens (including phenoxy) is 2. The van der Waals surface area contributed by atoms with Crippen molar-refractivity contribution in [3.8, 4) is 5.75 Å². The molecule has 0 unspecified atom stereocenters. The first-order valence-electron chi connectivity index (χ1n) is 12.0. The minimum Gasteiger partial charge on any atom is -0.497 e. The van der Waals surface area contributed by atoms with Gasteiger partial charge >= 0.3 is 0 Å². The molecule has 5 rings (SSSR count). The van der Waals surface area contributed by atoms with Gasteiger partial charge in [-0.2, -0.15) is 0 Å². The number of benzene rings is 1. The molecule has 4 aliphatic rings. The summed E-state index contributed by atoms with van der Waals surface area (Å²) < 4.78 is 11.2. The third-order valence-corrected chi connectivity index (χ3v) is 7.96. The predicted molar refractivity (Wildman–Crippen MR) is 124 cm³/mol. The van der Waals surface area contributed by atoms with E-state index in [4.69, 9.17) is 9.47 Å². The van der Waals surface area contributed by atoms with E-state index >= 15 is 0 Å². The van der Waals surface area contributed by atoms with E-state index in [0.29, 0.717) is 37.1 Å². The maximum atomic E-state index is 10.4. The van der Waals surface area contributed by atoms with Crippen molar-refractivity contribution < 1.29 is 14.6 Å². The summed E-state index contributed by atoms with van der Waals surface area (Å²) in [4.78, 5) is 2.54. The molecule has 0 amide bonds. The highest BCUT2D eigenvalue weighted by Gasteiger charge is 2.50. The van der Waals surface area contributed by atoms with E-state index in [9.17, 15) is 5.11 Å². The van der Waals surface area contributed by atoms with Crippen molar-refractivity contribution in [3.63, 3.8) is 0 Å². The zero-order valence-electron chi connectivity index (χ0n) is 19.5. The van der Waals surface area contributed by atoms with Gasteiger partial charge in [0.2, 0.25) is 0 Å². The molecule has 3 aliphatic carbocycles. The molecular formula is C26H40N2O3. The Bertz CT molecular complexity index is 740. The zero-order valence-corrected chi connectivity index (χ0v) is 19.5. The molecule has 5 nitrogen and oxygen atoms in total. The molecular weight excluding hydrogens is 388 g/mol. The number of allylic oxidation sites excluding steroid dienone is 1. The second-order valence-electron chi connectivity index (χ2n) is 10.2.